The zero-order chi connectivity index (χ0) is 25.2. The van der Waals surface area contributed by atoms with Crippen molar-refractivity contribution in [2.24, 2.45) is 0 Å². The lowest BCUT2D eigenvalue weighted by Gasteiger charge is -2.24. The maximum Gasteiger partial charge on any atom is 0.267 e. The van der Waals surface area contributed by atoms with Crippen LogP contribution in [-0.4, -0.2) is 44.7 Å². The van der Waals surface area contributed by atoms with E-state index in [9.17, 15) is 9.59 Å². The highest BCUT2D eigenvalue weighted by molar-refractivity contribution is 8.26. The van der Waals surface area contributed by atoms with Crippen LogP contribution in [0.5, 0.6) is 5.75 Å². The molecule has 186 valence electrons. The molecule has 4 heterocycles. The zero-order valence-electron chi connectivity index (χ0n) is 20.4. The average molecular weight is 521 g/mol. The van der Waals surface area contributed by atoms with E-state index in [-0.39, 0.29) is 11.5 Å². The number of carbonyl (C=O) groups is 1. The number of thiocarbonyl (C=S) groups is 1. The van der Waals surface area contributed by atoms with Crippen molar-refractivity contribution < 1.29 is 9.53 Å². The van der Waals surface area contributed by atoms with Gasteiger partial charge in [-0.1, -0.05) is 55.0 Å². The molecule has 2 fully saturated rings. The second-order valence-corrected chi connectivity index (χ2v) is 10.7. The molecular formula is C27H28N4O3S2. The lowest BCUT2D eigenvalue weighted by atomic mass is 10.2. The highest BCUT2D eigenvalue weighted by atomic mass is 32.2. The van der Waals surface area contributed by atoms with E-state index in [2.05, 4.69) is 4.90 Å². The predicted octanol–water partition coefficient (Wildman–Crippen LogP) is 4.79. The Hall–Kier alpha value is -3.17. The Kier molecular flexibility index (Phi) is 7.11. The second kappa shape index (κ2) is 10.4. The van der Waals surface area contributed by atoms with Crippen molar-refractivity contribution >= 4 is 51.7 Å². The number of thioether (sulfide) groups is 1. The van der Waals surface area contributed by atoms with E-state index < -0.39 is 0 Å². The number of nitrogens with zero attached hydrogens (tertiary/aromatic N) is 4. The molecule has 0 bridgehead atoms. The van der Waals surface area contributed by atoms with Crippen molar-refractivity contribution in [3.63, 3.8) is 0 Å². The van der Waals surface area contributed by atoms with Gasteiger partial charge in [-0.25, -0.2) is 4.98 Å². The summed E-state index contributed by atoms with van der Waals surface area (Å²) in [6, 6.07) is 11.4. The number of pyridine rings is 1. The number of hydrogen-bond donors (Lipinski definition) is 0. The quantitative estimate of drug-likeness (QED) is 0.354. The van der Waals surface area contributed by atoms with Crippen LogP contribution in [-0.2, 0) is 11.3 Å². The molecule has 3 aromatic rings. The third-order valence-electron chi connectivity index (χ3n) is 6.62. The van der Waals surface area contributed by atoms with Gasteiger partial charge in [0.1, 0.15) is 21.5 Å². The first kappa shape index (κ1) is 24.5. The number of amides is 1. The molecule has 0 unspecified atom stereocenters. The zero-order valence-corrected chi connectivity index (χ0v) is 22.0. The summed E-state index contributed by atoms with van der Waals surface area (Å²) < 4.78 is 7.27. The third-order valence-corrected chi connectivity index (χ3v) is 8.00. The Morgan fingerprint density at radius 3 is 2.50 bits per heavy atom. The summed E-state index contributed by atoms with van der Waals surface area (Å²) in [6.07, 6.45) is 7.87. The van der Waals surface area contributed by atoms with Crippen LogP contribution in [0.2, 0.25) is 0 Å². The van der Waals surface area contributed by atoms with E-state index in [1.807, 2.05) is 43.3 Å². The van der Waals surface area contributed by atoms with Gasteiger partial charge in [-0.15, -0.1) is 0 Å². The summed E-state index contributed by atoms with van der Waals surface area (Å²) in [5.74, 6) is 1.21. The lowest BCUT2D eigenvalue weighted by Crippen LogP contribution is -2.30. The van der Waals surface area contributed by atoms with Crippen molar-refractivity contribution in [3.05, 3.63) is 74.5 Å². The molecule has 2 saturated heterocycles. The molecule has 2 aliphatic rings. The highest BCUT2D eigenvalue weighted by Crippen LogP contribution is 2.35. The molecule has 7 nitrogen and oxygen atoms in total. The summed E-state index contributed by atoms with van der Waals surface area (Å²) in [5.41, 5.74) is 2.78. The number of fused-ring (bicyclic) bond motifs is 1. The van der Waals surface area contributed by atoms with E-state index in [1.165, 1.54) is 24.6 Å². The standard InChI is InChI=1S/C27H28N4O3S2/c1-18-8-7-15-30-23(18)28-24(29-13-5-3-4-6-14-29)21(25(30)32)16-22-26(33)31(27(35)36-22)17-19-9-11-20(34-2)12-10-19/h7-12,15-16H,3-6,13-14,17H2,1-2H3. The van der Waals surface area contributed by atoms with Gasteiger partial charge < -0.3 is 9.64 Å². The average Bonchev–Trinajstić information content (AvgIpc) is 3.06. The van der Waals surface area contributed by atoms with Gasteiger partial charge in [0, 0.05) is 19.3 Å². The molecule has 1 aromatic carbocycles. The molecule has 2 aliphatic heterocycles. The van der Waals surface area contributed by atoms with Gasteiger partial charge in [0.2, 0.25) is 0 Å². The van der Waals surface area contributed by atoms with Crippen LogP contribution < -0.4 is 15.2 Å². The SMILES string of the molecule is COc1ccc(CN2C(=O)C(=Cc3c(N4CCCCCC4)nc4c(C)cccn4c3=O)SC2=S)cc1. The number of hydrogen-bond acceptors (Lipinski definition) is 7. The van der Waals surface area contributed by atoms with E-state index in [0.29, 0.717) is 32.8 Å². The first-order chi connectivity index (χ1) is 17.5. The Balaban J connectivity index is 1.54. The van der Waals surface area contributed by atoms with Crippen LogP contribution in [0.1, 0.15) is 42.4 Å². The maximum absolute atomic E-state index is 13.7. The van der Waals surface area contributed by atoms with Crippen molar-refractivity contribution in [2.45, 2.75) is 39.2 Å². The first-order valence-corrected chi connectivity index (χ1v) is 13.3. The van der Waals surface area contributed by atoms with Crippen molar-refractivity contribution in [1.29, 1.82) is 0 Å². The fraction of sp³-hybridized carbons (Fsp3) is 0.333. The van der Waals surface area contributed by atoms with E-state index in [4.69, 9.17) is 21.9 Å². The van der Waals surface area contributed by atoms with Crippen LogP contribution >= 0.6 is 24.0 Å². The second-order valence-electron chi connectivity index (χ2n) is 9.06. The van der Waals surface area contributed by atoms with Gasteiger partial charge in [0.25, 0.3) is 11.5 Å². The summed E-state index contributed by atoms with van der Waals surface area (Å²) in [7, 11) is 1.62. The molecule has 1 amide bonds. The number of anilines is 1. The van der Waals surface area contributed by atoms with Crippen molar-refractivity contribution in [3.8, 4) is 5.75 Å². The van der Waals surface area contributed by atoms with Crippen LogP contribution in [0.15, 0.2) is 52.3 Å². The molecule has 36 heavy (non-hydrogen) atoms. The van der Waals surface area contributed by atoms with Gasteiger partial charge in [-0.2, -0.15) is 0 Å². The molecule has 0 aliphatic carbocycles. The molecule has 0 radical (unpaired) electrons. The lowest BCUT2D eigenvalue weighted by molar-refractivity contribution is -0.122. The minimum atomic E-state index is -0.198. The Labute approximate surface area is 219 Å². The molecule has 0 saturated carbocycles. The number of methoxy groups -OCH3 is 1. The minimum Gasteiger partial charge on any atom is -0.497 e. The third kappa shape index (κ3) is 4.77. The topological polar surface area (TPSA) is 67.2 Å². The number of aryl methyl sites for hydroxylation is 1. The van der Waals surface area contributed by atoms with Crippen LogP contribution in [0.4, 0.5) is 5.82 Å². The predicted molar refractivity (Wildman–Crippen MR) is 149 cm³/mol. The van der Waals surface area contributed by atoms with Crippen LogP contribution in [0, 0.1) is 6.92 Å². The molecule has 2 aromatic heterocycles. The molecule has 0 atom stereocenters. The van der Waals surface area contributed by atoms with E-state index in [1.54, 1.807) is 28.7 Å². The monoisotopic (exact) mass is 520 g/mol. The van der Waals surface area contributed by atoms with Gasteiger partial charge >= 0.3 is 0 Å². The summed E-state index contributed by atoms with van der Waals surface area (Å²) in [5, 5.41) is 0. The maximum atomic E-state index is 13.7. The summed E-state index contributed by atoms with van der Waals surface area (Å²) in [6.45, 7) is 4.00. The number of benzene rings is 1. The largest absolute Gasteiger partial charge is 0.497 e. The summed E-state index contributed by atoms with van der Waals surface area (Å²) >= 11 is 6.78. The van der Waals surface area contributed by atoms with Gasteiger partial charge in [0.05, 0.1) is 24.1 Å². The number of rotatable bonds is 5. The minimum absolute atomic E-state index is 0.177. The fourth-order valence-corrected chi connectivity index (χ4v) is 5.87. The van der Waals surface area contributed by atoms with Crippen LogP contribution in [0.25, 0.3) is 11.7 Å². The van der Waals surface area contributed by atoms with Crippen LogP contribution in [0.3, 0.4) is 0 Å². The Morgan fingerprint density at radius 2 is 1.81 bits per heavy atom. The smallest absolute Gasteiger partial charge is 0.267 e. The number of carbonyl (C=O) groups excluding carboxylic acids is 1. The van der Waals surface area contributed by atoms with E-state index in [0.717, 1.165) is 42.8 Å². The van der Waals surface area contributed by atoms with Crippen molar-refractivity contribution in [1.82, 2.24) is 14.3 Å². The molecule has 5 rings (SSSR count). The van der Waals surface area contributed by atoms with Crippen molar-refractivity contribution in [2.75, 3.05) is 25.1 Å². The Morgan fingerprint density at radius 1 is 1.08 bits per heavy atom. The van der Waals surface area contributed by atoms with Gasteiger partial charge in [0.15, 0.2) is 0 Å². The normalized spacial score (nSPS) is 17.8. The van der Waals surface area contributed by atoms with Gasteiger partial charge in [-0.3, -0.25) is 18.9 Å². The summed E-state index contributed by atoms with van der Waals surface area (Å²) in [4.78, 5) is 36.3. The van der Waals surface area contributed by atoms with E-state index >= 15 is 0 Å². The first-order valence-electron chi connectivity index (χ1n) is 12.1. The number of ether oxygens (including phenoxy) is 1. The molecule has 0 spiro atoms. The number of aromatic nitrogens is 2. The molecular weight excluding hydrogens is 492 g/mol. The molecule has 9 heteroatoms. The van der Waals surface area contributed by atoms with Gasteiger partial charge in [-0.05, 0) is 55.2 Å². The Bertz CT molecular complexity index is 1410. The fourth-order valence-electron chi connectivity index (χ4n) is 4.63. The highest BCUT2D eigenvalue weighted by Gasteiger charge is 2.33. The molecule has 0 N–H and O–H groups in total.